The van der Waals surface area contributed by atoms with Crippen molar-refractivity contribution in [2.45, 2.75) is 77.3 Å². The van der Waals surface area contributed by atoms with Gasteiger partial charge in [0.25, 0.3) is 0 Å². The summed E-state index contributed by atoms with van der Waals surface area (Å²) in [6, 6.07) is 1.73. The lowest BCUT2D eigenvalue weighted by atomic mass is 9.54. The molecule has 5 rings (SSSR count). The molecule has 1 N–H and O–H groups in total. The van der Waals surface area contributed by atoms with E-state index >= 15 is 0 Å². The number of hydrogen-bond donors (Lipinski definition) is 1. The van der Waals surface area contributed by atoms with Crippen LogP contribution in [0.1, 0.15) is 65.2 Å². The molecule has 5 aliphatic rings. The molecule has 5 aliphatic carbocycles. The fourth-order valence-electron chi connectivity index (χ4n) is 6.55. The lowest BCUT2D eigenvalue weighted by Gasteiger charge is -2.55. The molecule has 2 unspecified atom stereocenters. The van der Waals surface area contributed by atoms with Gasteiger partial charge in [-0.2, -0.15) is 0 Å². The average molecular weight is 261 g/mol. The smallest absolute Gasteiger partial charge is 0.0127 e. The molecule has 4 bridgehead atoms. The topological polar surface area (TPSA) is 12.0 Å². The molecule has 0 radical (unpaired) electrons. The van der Waals surface area contributed by atoms with Crippen molar-refractivity contribution >= 4 is 0 Å². The van der Waals surface area contributed by atoms with Crippen LogP contribution in [-0.4, -0.2) is 12.1 Å². The van der Waals surface area contributed by atoms with Crippen LogP contribution in [0.2, 0.25) is 0 Å². The van der Waals surface area contributed by atoms with Crippen LogP contribution in [-0.2, 0) is 0 Å². The number of rotatable bonds is 2. The zero-order chi connectivity index (χ0) is 13.0. The van der Waals surface area contributed by atoms with Gasteiger partial charge in [-0.25, -0.2) is 0 Å². The zero-order valence-corrected chi connectivity index (χ0v) is 12.8. The van der Waals surface area contributed by atoms with Gasteiger partial charge in [0.2, 0.25) is 0 Å². The molecule has 1 heteroatoms. The SMILES string of the molecule is CC1CC(C)CC(NC2C3CC4CC(C3)CC2C4)C1. The third-order valence-corrected chi connectivity index (χ3v) is 6.83. The van der Waals surface area contributed by atoms with Crippen molar-refractivity contribution in [3.05, 3.63) is 0 Å². The Labute approximate surface area is 118 Å². The summed E-state index contributed by atoms with van der Waals surface area (Å²) in [5, 5.41) is 4.16. The Hall–Kier alpha value is -0.0400. The van der Waals surface area contributed by atoms with E-state index in [0.717, 1.165) is 47.6 Å². The standard InChI is InChI=1S/C18H31N/c1-11-3-12(2)5-17(4-11)19-18-15-7-13-6-14(9-15)10-16(18)8-13/h11-19H,3-10H2,1-2H3. The molecule has 0 saturated heterocycles. The van der Waals surface area contributed by atoms with E-state index in [9.17, 15) is 0 Å². The molecule has 0 spiro atoms. The highest BCUT2D eigenvalue weighted by molar-refractivity contribution is 5.02. The highest BCUT2D eigenvalue weighted by Crippen LogP contribution is 2.54. The van der Waals surface area contributed by atoms with E-state index in [-0.39, 0.29) is 0 Å². The summed E-state index contributed by atoms with van der Waals surface area (Å²) in [7, 11) is 0. The normalized spacial score (nSPS) is 56.5. The molecule has 0 aromatic carbocycles. The van der Waals surface area contributed by atoms with Gasteiger partial charge in [0.05, 0.1) is 0 Å². The first-order valence-electron chi connectivity index (χ1n) is 8.93. The molecule has 1 nitrogen and oxygen atoms in total. The molecular formula is C18H31N. The number of hydrogen-bond acceptors (Lipinski definition) is 1. The van der Waals surface area contributed by atoms with Crippen molar-refractivity contribution < 1.29 is 0 Å². The maximum Gasteiger partial charge on any atom is 0.0127 e. The molecule has 19 heavy (non-hydrogen) atoms. The lowest BCUT2D eigenvalue weighted by Crippen LogP contribution is -2.57. The van der Waals surface area contributed by atoms with Crippen molar-refractivity contribution in [2.75, 3.05) is 0 Å². The minimum atomic E-state index is 0.835. The summed E-state index contributed by atoms with van der Waals surface area (Å²) in [4.78, 5) is 0. The molecular weight excluding hydrogens is 230 g/mol. The molecule has 0 aromatic heterocycles. The lowest BCUT2D eigenvalue weighted by molar-refractivity contribution is -0.0211. The molecule has 0 heterocycles. The van der Waals surface area contributed by atoms with Crippen LogP contribution in [0.4, 0.5) is 0 Å². The highest BCUT2D eigenvalue weighted by atomic mass is 15.0. The third-order valence-electron chi connectivity index (χ3n) is 6.83. The van der Waals surface area contributed by atoms with Crippen LogP contribution in [0.25, 0.3) is 0 Å². The Balaban J connectivity index is 1.42. The zero-order valence-electron chi connectivity index (χ0n) is 12.8. The van der Waals surface area contributed by atoms with Crippen LogP contribution in [0.15, 0.2) is 0 Å². The van der Waals surface area contributed by atoms with Gasteiger partial charge in [0, 0.05) is 12.1 Å². The van der Waals surface area contributed by atoms with Gasteiger partial charge in [-0.15, -0.1) is 0 Å². The van der Waals surface area contributed by atoms with E-state index in [0.29, 0.717) is 0 Å². The average Bonchev–Trinajstić information content (AvgIpc) is 2.31. The summed E-state index contributed by atoms with van der Waals surface area (Å²) >= 11 is 0. The molecule has 0 amide bonds. The molecule has 0 aliphatic heterocycles. The van der Waals surface area contributed by atoms with Gasteiger partial charge < -0.3 is 5.32 Å². The van der Waals surface area contributed by atoms with Crippen molar-refractivity contribution in [1.82, 2.24) is 5.32 Å². The predicted molar refractivity (Wildman–Crippen MR) is 79.9 cm³/mol. The van der Waals surface area contributed by atoms with Crippen LogP contribution in [0.3, 0.4) is 0 Å². The van der Waals surface area contributed by atoms with Crippen molar-refractivity contribution in [1.29, 1.82) is 0 Å². The van der Waals surface area contributed by atoms with E-state index in [4.69, 9.17) is 0 Å². The largest absolute Gasteiger partial charge is 0.311 e. The Morgan fingerprint density at radius 2 is 1.16 bits per heavy atom. The predicted octanol–water partition coefficient (Wildman–Crippen LogP) is 4.23. The fraction of sp³-hybridized carbons (Fsp3) is 1.00. The Kier molecular flexibility index (Phi) is 3.17. The summed E-state index contributed by atoms with van der Waals surface area (Å²) < 4.78 is 0. The first-order valence-corrected chi connectivity index (χ1v) is 8.93. The summed E-state index contributed by atoms with van der Waals surface area (Å²) in [6.45, 7) is 4.92. The van der Waals surface area contributed by atoms with Crippen molar-refractivity contribution in [2.24, 2.45) is 35.5 Å². The van der Waals surface area contributed by atoms with Gasteiger partial charge in [-0.3, -0.25) is 0 Å². The summed E-state index contributed by atoms with van der Waals surface area (Å²) in [5.74, 6) is 6.21. The Morgan fingerprint density at radius 1 is 0.632 bits per heavy atom. The molecule has 108 valence electrons. The summed E-state index contributed by atoms with van der Waals surface area (Å²) in [6.07, 6.45) is 12.1. The highest BCUT2D eigenvalue weighted by Gasteiger charge is 2.48. The fourth-order valence-corrected chi connectivity index (χ4v) is 6.55. The minimum absolute atomic E-state index is 0.835. The maximum atomic E-state index is 4.16. The first-order chi connectivity index (χ1) is 9.17. The van der Waals surface area contributed by atoms with E-state index < -0.39 is 0 Å². The van der Waals surface area contributed by atoms with Gasteiger partial charge in [-0.1, -0.05) is 13.8 Å². The number of nitrogens with one attached hydrogen (secondary N) is 1. The maximum absolute atomic E-state index is 4.16. The Bertz CT molecular complexity index is 299. The van der Waals surface area contributed by atoms with Gasteiger partial charge in [0.15, 0.2) is 0 Å². The first kappa shape index (κ1) is 12.7. The van der Waals surface area contributed by atoms with Crippen LogP contribution < -0.4 is 5.32 Å². The second-order valence-electron chi connectivity index (χ2n) is 8.74. The third kappa shape index (κ3) is 2.37. The van der Waals surface area contributed by atoms with E-state index in [1.807, 2.05) is 0 Å². The van der Waals surface area contributed by atoms with Crippen LogP contribution >= 0.6 is 0 Å². The van der Waals surface area contributed by atoms with E-state index in [1.165, 1.54) is 19.3 Å². The van der Waals surface area contributed by atoms with Crippen LogP contribution in [0, 0.1) is 35.5 Å². The van der Waals surface area contributed by atoms with Gasteiger partial charge in [-0.05, 0) is 86.9 Å². The van der Waals surface area contributed by atoms with Gasteiger partial charge >= 0.3 is 0 Å². The van der Waals surface area contributed by atoms with Crippen molar-refractivity contribution in [3.8, 4) is 0 Å². The molecule has 5 saturated carbocycles. The summed E-state index contributed by atoms with van der Waals surface area (Å²) in [5.41, 5.74) is 0. The van der Waals surface area contributed by atoms with Crippen molar-refractivity contribution in [3.63, 3.8) is 0 Å². The second-order valence-corrected chi connectivity index (χ2v) is 8.74. The van der Waals surface area contributed by atoms with Crippen LogP contribution in [0.5, 0.6) is 0 Å². The monoisotopic (exact) mass is 261 g/mol. The van der Waals surface area contributed by atoms with E-state index in [1.54, 1.807) is 32.1 Å². The molecule has 2 atom stereocenters. The van der Waals surface area contributed by atoms with Gasteiger partial charge in [0.1, 0.15) is 0 Å². The molecule has 5 fully saturated rings. The minimum Gasteiger partial charge on any atom is -0.311 e. The molecule has 0 aromatic rings. The van der Waals surface area contributed by atoms with E-state index in [2.05, 4.69) is 19.2 Å². The quantitative estimate of drug-likeness (QED) is 0.784. The second kappa shape index (κ2) is 4.76. The Morgan fingerprint density at radius 3 is 1.68 bits per heavy atom.